The molecule has 0 radical (unpaired) electrons. The van der Waals surface area contributed by atoms with Crippen molar-refractivity contribution in [3.05, 3.63) is 28.0 Å². The molecule has 5 nitrogen and oxygen atoms in total. The van der Waals surface area contributed by atoms with E-state index in [2.05, 4.69) is 15.9 Å². The van der Waals surface area contributed by atoms with E-state index in [-0.39, 0.29) is 16.9 Å². The van der Waals surface area contributed by atoms with Crippen LogP contribution in [0.3, 0.4) is 0 Å². The van der Waals surface area contributed by atoms with Gasteiger partial charge in [0, 0.05) is 18.1 Å². The lowest BCUT2D eigenvalue weighted by Crippen LogP contribution is -2.32. The van der Waals surface area contributed by atoms with Crippen LogP contribution in [0.5, 0.6) is 0 Å². The van der Waals surface area contributed by atoms with Gasteiger partial charge in [-0.1, -0.05) is 36.2 Å². The first-order valence-corrected chi connectivity index (χ1v) is 8.53. The van der Waals surface area contributed by atoms with E-state index >= 15 is 0 Å². The molecule has 0 saturated carbocycles. The zero-order chi connectivity index (χ0) is 16.4. The molecule has 1 atom stereocenters. The minimum Gasteiger partial charge on any atom is -0.478 e. The van der Waals surface area contributed by atoms with Crippen LogP contribution in [0.25, 0.3) is 0 Å². The molecule has 21 heavy (non-hydrogen) atoms. The Morgan fingerprint density at radius 3 is 2.52 bits per heavy atom. The molecule has 1 unspecified atom stereocenters. The maximum absolute atomic E-state index is 14.2. The number of sulfonamides is 1. The largest absolute Gasteiger partial charge is 0.478 e. The lowest BCUT2D eigenvalue weighted by atomic mass is 10.1. The Hall–Kier alpha value is -0.990. The molecule has 0 amide bonds. The fraction of sp³-hybridized carbons (Fsp3) is 0.462. The van der Waals surface area contributed by atoms with Gasteiger partial charge >= 0.3 is 5.97 Å². The second-order valence-electron chi connectivity index (χ2n) is 4.87. The highest BCUT2D eigenvalue weighted by atomic mass is 79.9. The molecule has 0 fully saturated rings. The predicted molar refractivity (Wildman–Crippen MR) is 80.3 cm³/mol. The van der Waals surface area contributed by atoms with Crippen LogP contribution in [0.2, 0.25) is 0 Å². The molecule has 1 rings (SSSR count). The number of hydrogen-bond acceptors (Lipinski definition) is 3. The summed E-state index contributed by atoms with van der Waals surface area (Å²) in [5.41, 5.74) is -0.681. The smallest absolute Gasteiger partial charge is 0.338 e. The maximum Gasteiger partial charge on any atom is 0.338 e. The van der Waals surface area contributed by atoms with E-state index in [4.69, 9.17) is 5.11 Å². The Balaban J connectivity index is 3.35. The van der Waals surface area contributed by atoms with Crippen LogP contribution in [0.4, 0.5) is 4.39 Å². The van der Waals surface area contributed by atoms with Crippen LogP contribution in [0.15, 0.2) is 21.5 Å². The quantitative estimate of drug-likeness (QED) is 0.821. The van der Waals surface area contributed by atoms with Gasteiger partial charge in [0.15, 0.2) is 5.82 Å². The normalized spacial score (nSPS) is 13.4. The van der Waals surface area contributed by atoms with Crippen molar-refractivity contribution >= 4 is 31.9 Å². The molecule has 0 aliphatic heterocycles. The lowest BCUT2D eigenvalue weighted by molar-refractivity contribution is 0.0691. The fourth-order valence-corrected chi connectivity index (χ4v) is 3.75. The summed E-state index contributed by atoms with van der Waals surface area (Å²) in [6.45, 7) is 4.03. The van der Waals surface area contributed by atoms with Gasteiger partial charge in [0.1, 0.15) is 4.90 Å². The SMILES string of the molecule is CCC(C)CN(C)S(=O)(=O)c1cc(Br)cc(C(=O)O)c1F. The molecule has 1 N–H and O–H groups in total. The summed E-state index contributed by atoms with van der Waals surface area (Å²) in [7, 11) is -2.74. The number of carbonyl (C=O) groups is 1. The monoisotopic (exact) mass is 381 g/mol. The highest BCUT2D eigenvalue weighted by Gasteiger charge is 2.29. The Kier molecular flexibility index (Phi) is 5.89. The van der Waals surface area contributed by atoms with Crippen molar-refractivity contribution in [1.29, 1.82) is 0 Å². The van der Waals surface area contributed by atoms with Crippen LogP contribution in [0, 0.1) is 11.7 Å². The fourth-order valence-electron chi connectivity index (χ4n) is 1.74. The molecule has 0 heterocycles. The first kappa shape index (κ1) is 18.1. The zero-order valence-corrected chi connectivity index (χ0v) is 14.3. The van der Waals surface area contributed by atoms with Gasteiger partial charge in [-0.25, -0.2) is 21.9 Å². The van der Waals surface area contributed by atoms with E-state index < -0.39 is 32.3 Å². The average molecular weight is 382 g/mol. The zero-order valence-electron chi connectivity index (χ0n) is 11.9. The summed E-state index contributed by atoms with van der Waals surface area (Å²) in [4.78, 5) is 10.3. The Morgan fingerprint density at radius 1 is 1.48 bits per heavy atom. The summed E-state index contributed by atoms with van der Waals surface area (Å²) in [6, 6.07) is 2.11. The second-order valence-corrected chi connectivity index (χ2v) is 7.80. The summed E-state index contributed by atoms with van der Waals surface area (Å²) in [5.74, 6) is -2.66. The third kappa shape index (κ3) is 4.02. The van der Waals surface area contributed by atoms with Crippen LogP contribution < -0.4 is 0 Å². The Bertz CT molecular complexity index is 648. The van der Waals surface area contributed by atoms with Gasteiger partial charge in [-0.05, 0) is 18.1 Å². The number of aromatic carboxylic acids is 1. The van der Waals surface area contributed by atoms with Crippen molar-refractivity contribution < 1.29 is 22.7 Å². The van der Waals surface area contributed by atoms with Crippen LogP contribution >= 0.6 is 15.9 Å². The van der Waals surface area contributed by atoms with E-state index in [1.54, 1.807) is 0 Å². The maximum atomic E-state index is 14.2. The molecule has 118 valence electrons. The summed E-state index contributed by atoms with van der Waals surface area (Å²) < 4.78 is 40.2. The molecule has 0 spiro atoms. The predicted octanol–water partition coefficient (Wildman–Crippen LogP) is 2.95. The standard InChI is InChI=1S/C13H17BrFNO4S/c1-4-8(2)7-16(3)21(19,20)11-6-9(14)5-10(12(11)15)13(17)18/h5-6,8H,4,7H2,1-3H3,(H,17,18). The van der Waals surface area contributed by atoms with E-state index in [1.165, 1.54) is 7.05 Å². The second kappa shape index (κ2) is 6.85. The first-order chi connectivity index (χ1) is 9.61. The van der Waals surface area contributed by atoms with Crippen molar-refractivity contribution in [3.63, 3.8) is 0 Å². The molecule has 0 aromatic heterocycles. The van der Waals surface area contributed by atoms with Crippen LogP contribution in [-0.2, 0) is 10.0 Å². The number of halogens is 2. The van der Waals surface area contributed by atoms with Gasteiger partial charge in [0.2, 0.25) is 10.0 Å². The minimum atomic E-state index is -4.09. The van der Waals surface area contributed by atoms with Gasteiger partial charge < -0.3 is 5.11 Å². The van der Waals surface area contributed by atoms with Gasteiger partial charge in [-0.3, -0.25) is 0 Å². The summed E-state index contributed by atoms with van der Waals surface area (Å²) in [5, 5.41) is 8.93. The van der Waals surface area contributed by atoms with Crippen molar-refractivity contribution in [2.75, 3.05) is 13.6 Å². The van der Waals surface area contributed by atoms with E-state index in [9.17, 15) is 17.6 Å². The molecular formula is C13H17BrFNO4S. The van der Waals surface area contributed by atoms with E-state index in [0.717, 1.165) is 22.9 Å². The van der Waals surface area contributed by atoms with Crippen LogP contribution in [0.1, 0.15) is 30.6 Å². The lowest BCUT2D eigenvalue weighted by Gasteiger charge is -2.21. The minimum absolute atomic E-state index is 0.110. The number of carboxylic acids is 1. The number of carboxylic acid groups (broad SMARTS) is 1. The molecule has 0 aliphatic rings. The molecule has 8 heteroatoms. The van der Waals surface area contributed by atoms with Gasteiger partial charge in [-0.15, -0.1) is 0 Å². The van der Waals surface area contributed by atoms with Gasteiger partial charge in [0.05, 0.1) is 5.56 Å². The third-order valence-electron chi connectivity index (χ3n) is 3.19. The molecule has 0 aliphatic carbocycles. The number of benzene rings is 1. The molecule has 0 bridgehead atoms. The molecule has 0 saturated heterocycles. The average Bonchev–Trinajstić information content (AvgIpc) is 2.40. The third-order valence-corrected chi connectivity index (χ3v) is 5.47. The Morgan fingerprint density at radius 2 is 2.05 bits per heavy atom. The van der Waals surface area contributed by atoms with E-state index in [1.807, 2.05) is 13.8 Å². The van der Waals surface area contributed by atoms with Crippen molar-refractivity contribution in [3.8, 4) is 0 Å². The van der Waals surface area contributed by atoms with Crippen LogP contribution in [-0.4, -0.2) is 37.4 Å². The number of hydrogen-bond donors (Lipinski definition) is 1. The highest BCUT2D eigenvalue weighted by Crippen LogP contribution is 2.26. The van der Waals surface area contributed by atoms with Gasteiger partial charge in [0.25, 0.3) is 0 Å². The van der Waals surface area contributed by atoms with Crippen molar-refractivity contribution in [2.45, 2.75) is 25.2 Å². The summed E-state index contributed by atoms with van der Waals surface area (Å²) >= 11 is 3.01. The Labute approximate surface area is 131 Å². The van der Waals surface area contributed by atoms with Gasteiger partial charge in [-0.2, -0.15) is 0 Å². The first-order valence-electron chi connectivity index (χ1n) is 6.29. The summed E-state index contributed by atoms with van der Waals surface area (Å²) in [6.07, 6.45) is 0.779. The molecule has 1 aromatic rings. The van der Waals surface area contributed by atoms with Crippen molar-refractivity contribution in [1.82, 2.24) is 4.31 Å². The number of nitrogens with zero attached hydrogens (tertiary/aromatic N) is 1. The number of rotatable bonds is 6. The molecular weight excluding hydrogens is 365 g/mol. The highest BCUT2D eigenvalue weighted by molar-refractivity contribution is 9.10. The van der Waals surface area contributed by atoms with E-state index in [0.29, 0.717) is 0 Å². The van der Waals surface area contributed by atoms with Crippen molar-refractivity contribution in [2.24, 2.45) is 5.92 Å². The molecule has 1 aromatic carbocycles. The topological polar surface area (TPSA) is 74.7 Å².